The van der Waals surface area contributed by atoms with Gasteiger partial charge < -0.3 is 10.2 Å². The number of aryl methyl sites for hydroxylation is 1. The minimum absolute atomic E-state index is 0.232. The highest BCUT2D eigenvalue weighted by molar-refractivity contribution is 9.10. The molecule has 0 bridgehead atoms. The number of halogens is 2. The van der Waals surface area contributed by atoms with Crippen molar-refractivity contribution in [3.63, 3.8) is 0 Å². The highest BCUT2D eigenvalue weighted by atomic mass is 79.9. The molecule has 0 heterocycles. The summed E-state index contributed by atoms with van der Waals surface area (Å²) in [6.07, 6.45) is 0. The molecule has 0 spiro atoms. The fourth-order valence-corrected chi connectivity index (χ4v) is 2.22. The highest BCUT2D eigenvalue weighted by Gasteiger charge is 2.03. The number of nitrogens with one attached hydrogen (secondary N) is 1. The molecule has 1 N–H and O–H groups in total. The normalized spacial score (nSPS) is 10.4. The summed E-state index contributed by atoms with van der Waals surface area (Å²) >= 11 is 3.16. The van der Waals surface area contributed by atoms with Crippen LogP contribution in [0.15, 0.2) is 40.9 Å². The second kappa shape index (κ2) is 6.27. The fraction of sp³-hybridized carbons (Fsp3) is 0.250. The SMILES string of the molecule is Cc1cc(N(C)C)ccc1NCc1ccc(Br)c(F)c1. The van der Waals surface area contributed by atoms with Gasteiger partial charge in [-0.3, -0.25) is 0 Å². The third-order valence-electron chi connectivity index (χ3n) is 3.19. The fourth-order valence-electron chi connectivity index (χ4n) is 1.97. The van der Waals surface area contributed by atoms with Gasteiger partial charge in [0.15, 0.2) is 0 Å². The van der Waals surface area contributed by atoms with Crippen molar-refractivity contribution in [2.45, 2.75) is 13.5 Å². The van der Waals surface area contributed by atoms with Crippen LogP contribution in [0.4, 0.5) is 15.8 Å². The van der Waals surface area contributed by atoms with Crippen LogP contribution < -0.4 is 10.2 Å². The lowest BCUT2D eigenvalue weighted by atomic mass is 10.1. The smallest absolute Gasteiger partial charge is 0.137 e. The lowest BCUT2D eigenvalue weighted by molar-refractivity contribution is 0.619. The number of hydrogen-bond acceptors (Lipinski definition) is 2. The van der Waals surface area contributed by atoms with Crippen molar-refractivity contribution in [1.29, 1.82) is 0 Å². The van der Waals surface area contributed by atoms with E-state index in [9.17, 15) is 4.39 Å². The first-order valence-corrected chi connectivity index (χ1v) is 7.22. The molecule has 2 aromatic carbocycles. The van der Waals surface area contributed by atoms with Gasteiger partial charge in [-0.15, -0.1) is 0 Å². The molecule has 0 radical (unpaired) electrons. The lowest BCUT2D eigenvalue weighted by Crippen LogP contribution is -2.09. The lowest BCUT2D eigenvalue weighted by Gasteiger charge is -2.16. The van der Waals surface area contributed by atoms with Crippen molar-refractivity contribution in [2.24, 2.45) is 0 Å². The van der Waals surface area contributed by atoms with Gasteiger partial charge in [-0.1, -0.05) is 6.07 Å². The molecule has 106 valence electrons. The first-order valence-electron chi connectivity index (χ1n) is 6.43. The van der Waals surface area contributed by atoms with Gasteiger partial charge in [-0.2, -0.15) is 0 Å². The Kier molecular flexibility index (Phi) is 4.65. The van der Waals surface area contributed by atoms with Crippen LogP contribution in [0, 0.1) is 12.7 Å². The maximum Gasteiger partial charge on any atom is 0.137 e. The Labute approximate surface area is 127 Å². The summed E-state index contributed by atoms with van der Waals surface area (Å²) in [5.74, 6) is -0.232. The molecule has 4 heteroatoms. The average Bonchev–Trinajstić information content (AvgIpc) is 2.41. The van der Waals surface area contributed by atoms with Crippen LogP contribution in [0.2, 0.25) is 0 Å². The van der Waals surface area contributed by atoms with Crippen LogP contribution in [-0.2, 0) is 6.54 Å². The molecule has 2 nitrogen and oxygen atoms in total. The van der Waals surface area contributed by atoms with E-state index >= 15 is 0 Å². The Morgan fingerprint density at radius 3 is 2.50 bits per heavy atom. The molecule has 20 heavy (non-hydrogen) atoms. The molecule has 2 rings (SSSR count). The van der Waals surface area contributed by atoms with Crippen molar-refractivity contribution in [2.75, 3.05) is 24.3 Å². The van der Waals surface area contributed by atoms with E-state index in [4.69, 9.17) is 0 Å². The van der Waals surface area contributed by atoms with Gasteiger partial charge in [-0.05, 0) is 64.3 Å². The van der Waals surface area contributed by atoms with Crippen molar-refractivity contribution in [3.8, 4) is 0 Å². The molecule has 0 unspecified atom stereocenters. The standard InChI is InChI=1S/C16H18BrFN2/c1-11-8-13(20(2)3)5-7-16(11)19-10-12-4-6-14(17)15(18)9-12/h4-9,19H,10H2,1-3H3. The summed E-state index contributed by atoms with van der Waals surface area (Å²) in [5.41, 5.74) is 4.33. The molecule has 0 aliphatic carbocycles. The van der Waals surface area contributed by atoms with Crippen molar-refractivity contribution in [1.82, 2.24) is 0 Å². The van der Waals surface area contributed by atoms with E-state index in [1.807, 2.05) is 20.2 Å². The zero-order valence-corrected chi connectivity index (χ0v) is 13.5. The maximum atomic E-state index is 13.4. The molecule has 0 saturated heterocycles. The average molecular weight is 337 g/mol. The van der Waals surface area contributed by atoms with E-state index in [1.54, 1.807) is 12.1 Å². The molecule has 0 aliphatic rings. The monoisotopic (exact) mass is 336 g/mol. The maximum absolute atomic E-state index is 13.4. The van der Waals surface area contributed by atoms with E-state index in [0.29, 0.717) is 11.0 Å². The van der Waals surface area contributed by atoms with E-state index in [-0.39, 0.29) is 5.82 Å². The second-order valence-corrected chi connectivity index (χ2v) is 5.85. The summed E-state index contributed by atoms with van der Waals surface area (Å²) in [6, 6.07) is 11.4. The first-order chi connectivity index (χ1) is 9.47. The molecule has 0 aliphatic heterocycles. The summed E-state index contributed by atoms with van der Waals surface area (Å²) in [7, 11) is 4.04. The number of nitrogens with zero attached hydrogens (tertiary/aromatic N) is 1. The van der Waals surface area contributed by atoms with Gasteiger partial charge in [0.1, 0.15) is 5.82 Å². The molecule has 0 amide bonds. The van der Waals surface area contributed by atoms with Crippen LogP contribution in [0.3, 0.4) is 0 Å². The molecule has 0 atom stereocenters. The van der Waals surface area contributed by atoms with Crippen molar-refractivity contribution in [3.05, 3.63) is 57.8 Å². The zero-order valence-electron chi connectivity index (χ0n) is 11.9. The third-order valence-corrected chi connectivity index (χ3v) is 3.84. The zero-order chi connectivity index (χ0) is 14.7. The Balaban J connectivity index is 2.09. The van der Waals surface area contributed by atoms with Gasteiger partial charge >= 0.3 is 0 Å². The van der Waals surface area contributed by atoms with Gasteiger partial charge in [-0.25, -0.2) is 4.39 Å². The largest absolute Gasteiger partial charge is 0.381 e. The third kappa shape index (κ3) is 3.51. The highest BCUT2D eigenvalue weighted by Crippen LogP contribution is 2.22. The van der Waals surface area contributed by atoms with Crippen molar-refractivity contribution < 1.29 is 4.39 Å². The quantitative estimate of drug-likeness (QED) is 0.879. The van der Waals surface area contributed by atoms with Crippen LogP contribution in [0.25, 0.3) is 0 Å². The summed E-state index contributed by atoms with van der Waals surface area (Å²) in [4.78, 5) is 2.07. The van der Waals surface area contributed by atoms with Crippen LogP contribution in [-0.4, -0.2) is 14.1 Å². The number of anilines is 2. The Hall–Kier alpha value is -1.55. The minimum atomic E-state index is -0.232. The van der Waals surface area contributed by atoms with Crippen molar-refractivity contribution >= 4 is 27.3 Å². The van der Waals surface area contributed by atoms with Gasteiger partial charge in [0.25, 0.3) is 0 Å². The van der Waals surface area contributed by atoms with Crippen LogP contribution >= 0.6 is 15.9 Å². The van der Waals surface area contributed by atoms with E-state index in [1.165, 1.54) is 11.3 Å². The number of benzene rings is 2. The van der Waals surface area contributed by atoms with Gasteiger partial charge in [0.05, 0.1) is 4.47 Å². The minimum Gasteiger partial charge on any atom is -0.381 e. The predicted octanol–water partition coefficient (Wildman–Crippen LogP) is 4.57. The van der Waals surface area contributed by atoms with E-state index < -0.39 is 0 Å². The number of rotatable bonds is 4. The predicted molar refractivity (Wildman–Crippen MR) is 86.9 cm³/mol. The Morgan fingerprint density at radius 1 is 1.15 bits per heavy atom. The van der Waals surface area contributed by atoms with Crippen LogP contribution in [0.1, 0.15) is 11.1 Å². The van der Waals surface area contributed by atoms with E-state index in [2.05, 4.69) is 51.3 Å². The Morgan fingerprint density at radius 2 is 1.90 bits per heavy atom. The van der Waals surface area contributed by atoms with Crippen LogP contribution in [0.5, 0.6) is 0 Å². The molecule has 0 fully saturated rings. The Bertz CT molecular complexity index is 611. The van der Waals surface area contributed by atoms with Gasteiger partial charge in [0, 0.05) is 32.0 Å². The first kappa shape index (κ1) is 14.9. The van der Waals surface area contributed by atoms with E-state index in [0.717, 1.165) is 11.3 Å². The second-order valence-electron chi connectivity index (χ2n) is 5.00. The molecule has 2 aromatic rings. The molecular weight excluding hydrogens is 319 g/mol. The molecular formula is C16H18BrFN2. The number of hydrogen-bond donors (Lipinski definition) is 1. The molecule has 0 saturated carbocycles. The summed E-state index contributed by atoms with van der Waals surface area (Å²) in [6.45, 7) is 2.67. The molecule has 0 aromatic heterocycles. The summed E-state index contributed by atoms with van der Waals surface area (Å²) < 4.78 is 13.9. The topological polar surface area (TPSA) is 15.3 Å². The van der Waals surface area contributed by atoms with Gasteiger partial charge in [0.2, 0.25) is 0 Å². The summed E-state index contributed by atoms with van der Waals surface area (Å²) in [5, 5.41) is 3.34.